The Morgan fingerprint density at radius 2 is 2.00 bits per heavy atom. The Morgan fingerprint density at radius 1 is 1.47 bits per heavy atom. The zero-order chi connectivity index (χ0) is 13.1. The van der Waals surface area contributed by atoms with Crippen molar-refractivity contribution in [2.75, 3.05) is 26.7 Å². The summed E-state index contributed by atoms with van der Waals surface area (Å²) in [4.78, 5) is 10.7. The fraction of sp³-hybridized carbons (Fsp3) is 0.900. The van der Waals surface area contributed by atoms with E-state index in [1.165, 1.54) is 11.2 Å². The van der Waals surface area contributed by atoms with Gasteiger partial charge in [-0.05, 0) is 39.3 Å². The molecule has 0 aromatic rings. The van der Waals surface area contributed by atoms with Crippen LogP contribution in [0, 0.1) is 5.92 Å². The summed E-state index contributed by atoms with van der Waals surface area (Å²) in [5.41, 5.74) is 0. The zero-order valence-corrected chi connectivity index (χ0v) is 11.0. The Hall–Kier alpha value is -0.660. The van der Waals surface area contributed by atoms with Crippen LogP contribution in [0.3, 0.4) is 0 Å². The van der Waals surface area contributed by atoms with Crippen molar-refractivity contribution in [3.63, 3.8) is 0 Å². The minimum atomic E-state index is -3.69. The van der Waals surface area contributed by atoms with Crippen molar-refractivity contribution in [2.24, 2.45) is 5.92 Å². The molecule has 0 radical (unpaired) electrons. The average molecular weight is 264 g/mol. The van der Waals surface area contributed by atoms with Crippen molar-refractivity contribution in [1.82, 2.24) is 9.62 Å². The summed E-state index contributed by atoms with van der Waals surface area (Å²) >= 11 is 0. The van der Waals surface area contributed by atoms with Crippen LogP contribution in [0.15, 0.2) is 0 Å². The number of carboxylic acids is 1. The number of carbonyl (C=O) groups is 1. The molecule has 1 saturated heterocycles. The fourth-order valence-electron chi connectivity index (χ4n) is 2.01. The van der Waals surface area contributed by atoms with Gasteiger partial charge in [0, 0.05) is 13.1 Å². The Kier molecular flexibility index (Phi) is 4.91. The molecule has 1 rings (SSSR count). The van der Waals surface area contributed by atoms with Crippen LogP contribution < -0.4 is 5.32 Å². The van der Waals surface area contributed by atoms with Crippen LogP contribution in [0.25, 0.3) is 0 Å². The van der Waals surface area contributed by atoms with E-state index in [0.717, 1.165) is 19.4 Å². The molecule has 1 aliphatic heterocycles. The van der Waals surface area contributed by atoms with Crippen molar-refractivity contribution < 1.29 is 18.3 Å². The first-order valence-corrected chi connectivity index (χ1v) is 7.26. The van der Waals surface area contributed by atoms with Gasteiger partial charge in [0.05, 0.1) is 0 Å². The van der Waals surface area contributed by atoms with E-state index in [-0.39, 0.29) is 0 Å². The molecule has 2 N–H and O–H groups in total. The van der Waals surface area contributed by atoms with Gasteiger partial charge < -0.3 is 10.4 Å². The number of carboxylic acid groups (broad SMARTS) is 1. The van der Waals surface area contributed by atoms with E-state index in [1.807, 2.05) is 7.05 Å². The van der Waals surface area contributed by atoms with E-state index < -0.39 is 21.2 Å². The van der Waals surface area contributed by atoms with Crippen LogP contribution in [0.5, 0.6) is 0 Å². The molecule has 1 heterocycles. The second-order valence-electron chi connectivity index (χ2n) is 4.43. The van der Waals surface area contributed by atoms with Crippen molar-refractivity contribution in [2.45, 2.75) is 25.0 Å². The molecule has 100 valence electrons. The molecule has 0 aromatic carbocycles. The number of rotatable bonds is 5. The maximum atomic E-state index is 11.9. The van der Waals surface area contributed by atoms with Crippen molar-refractivity contribution in [3.05, 3.63) is 0 Å². The smallest absolute Gasteiger partial charge is 0.323 e. The SMILES string of the molecule is CNCC1CCN(S(=O)(=O)C(C)C(=O)O)CC1. The van der Waals surface area contributed by atoms with Gasteiger partial charge in [-0.3, -0.25) is 4.79 Å². The Bertz CT molecular complexity index is 361. The third-order valence-electron chi connectivity index (χ3n) is 3.22. The highest BCUT2D eigenvalue weighted by Crippen LogP contribution is 2.21. The summed E-state index contributed by atoms with van der Waals surface area (Å²) in [6, 6.07) is 0. The molecular formula is C10H20N2O4S. The molecule has 0 spiro atoms. The molecular weight excluding hydrogens is 244 g/mol. The number of nitrogens with one attached hydrogen (secondary N) is 1. The highest BCUT2D eigenvalue weighted by molar-refractivity contribution is 7.90. The van der Waals surface area contributed by atoms with Crippen LogP contribution >= 0.6 is 0 Å². The predicted molar refractivity (Wildman–Crippen MR) is 64.2 cm³/mol. The number of sulfonamides is 1. The van der Waals surface area contributed by atoms with Crippen LogP contribution in [0.4, 0.5) is 0 Å². The van der Waals surface area contributed by atoms with Gasteiger partial charge in [-0.1, -0.05) is 0 Å². The largest absolute Gasteiger partial charge is 0.480 e. The van der Waals surface area contributed by atoms with Crippen molar-refractivity contribution >= 4 is 16.0 Å². The number of nitrogens with zero attached hydrogens (tertiary/aromatic N) is 1. The number of hydrogen-bond donors (Lipinski definition) is 2. The molecule has 1 fully saturated rings. The lowest BCUT2D eigenvalue weighted by molar-refractivity contribution is -0.136. The van der Waals surface area contributed by atoms with Crippen LogP contribution in [-0.2, 0) is 14.8 Å². The second-order valence-corrected chi connectivity index (χ2v) is 6.68. The lowest BCUT2D eigenvalue weighted by atomic mass is 9.98. The van der Waals surface area contributed by atoms with E-state index in [4.69, 9.17) is 5.11 Å². The van der Waals surface area contributed by atoms with Gasteiger partial charge in [-0.2, -0.15) is 0 Å². The highest BCUT2D eigenvalue weighted by atomic mass is 32.2. The summed E-state index contributed by atoms with van der Waals surface area (Å²) in [5, 5.41) is 10.5. The van der Waals surface area contributed by atoms with Crippen LogP contribution in [0.2, 0.25) is 0 Å². The minimum absolute atomic E-state index is 0.423. The van der Waals surface area contributed by atoms with Gasteiger partial charge in [0.2, 0.25) is 10.0 Å². The summed E-state index contributed by atoms with van der Waals surface area (Å²) in [6.45, 7) is 2.94. The zero-order valence-electron chi connectivity index (χ0n) is 10.2. The first-order chi connectivity index (χ1) is 7.89. The highest BCUT2D eigenvalue weighted by Gasteiger charge is 2.35. The Morgan fingerprint density at radius 3 is 2.41 bits per heavy atom. The number of piperidine rings is 1. The summed E-state index contributed by atoms with van der Waals surface area (Å²) in [7, 11) is -1.82. The molecule has 1 unspecified atom stereocenters. The maximum Gasteiger partial charge on any atom is 0.323 e. The van der Waals surface area contributed by atoms with Crippen LogP contribution in [0.1, 0.15) is 19.8 Å². The quantitative estimate of drug-likeness (QED) is 0.713. The fourth-order valence-corrected chi connectivity index (χ4v) is 3.43. The molecule has 1 aliphatic rings. The molecule has 0 saturated carbocycles. The van der Waals surface area contributed by atoms with E-state index in [1.54, 1.807) is 0 Å². The second kappa shape index (κ2) is 5.79. The molecule has 0 amide bonds. The van der Waals surface area contributed by atoms with Crippen molar-refractivity contribution in [3.8, 4) is 0 Å². The first-order valence-electron chi connectivity index (χ1n) is 5.76. The topological polar surface area (TPSA) is 86.7 Å². The molecule has 7 heteroatoms. The summed E-state index contributed by atoms with van der Waals surface area (Å²) in [6.07, 6.45) is 1.57. The van der Waals surface area contributed by atoms with E-state index in [2.05, 4.69) is 5.32 Å². The molecule has 0 aromatic heterocycles. The third kappa shape index (κ3) is 3.40. The van der Waals surface area contributed by atoms with Gasteiger partial charge in [0.25, 0.3) is 0 Å². The van der Waals surface area contributed by atoms with E-state index in [0.29, 0.717) is 19.0 Å². The summed E-state index contributed by atoms with van der Waals surface area (Å²) in [5.74, 6) is -0.811. The average Bonchev–Trinajstić information content (AvgIpc) is 2.29. The maximum absolute atomic E-state index is 11.9. The molecule has 1 atom stereocenters. The van der Waals surface area contributed by atoms with Crippen molar-refractivity contribution in [1.29, 1.82) is 0 Å². The van der Waals surface area contributed by atoms with Gasteiger partial charge in [0.15, 0.2) is 5.25 Å². The molecule has 17 heavy (non-hydrogen) atoms. The van der Waals surface area contributed by atoms with Gasteiger partial charge in [-0.25, -0.2) is 12.7 Å². The lowest BCUT2D eigenvalue weighted by Gasteiger charge is -2.32. The lowest BCUT2D eigenvalue weighted by Crippen LogP contribution is -2.46. The minimum Gasteiger partial charge on any atom is -0.480 e. The predicted octanol–water partition coefficient (Wildman–Crippen LogP) is -0.279. The van der Waals surface area contributed by atoms with Crippen LogP contribution in [-0.4, -0.2) is 55.7 Å². The third-order valence-corrected chi connectivity index (χ3v) is 5.40. The van der Waals surface area contributed by atoms with Gasteiger partial charge >= 0.3 is 5.97 Å². The molecule has 0 aliphatic carbocycles. The number of hydrogen-bond acceptors (Lipinski definition) is 4. The summed E-state index contributed by atoms with van der Waals surface area (Å²) < 4.78 is 25.1. The monoisotopic (exact) mass is 264 g/mol. The Labute approximate surface area is 102 Å². The standard InChI is InChI=1S/C10H20N2O4S/c1-8(10(13)14)17(15,16)12-5-3-9(4-6-12)7-11-2/h8-9,11H,3-7H2,1-2H3,(H,13,14). The first kappa shape index (κ1) is 14.4. The van der Waals surface area contributed by atoms with E-state index >= 15 is 0 Å². The molecule has 0 bridgehead atoms. The molecule has 6 nitrogen and oxygen atoms in total. The van der Waals surface area contributed by atoms with E-state index in [9.17, 15) is 13.2 Å². The number of aliphatic carboxylic acids is 1. The normalized spacial score (nSPS) is 21.3. The van der Waals surface area contributed by atoms with Gasteiger partial charge in [-0.15, -0.1) is 0 Å². The van der Waals surface area contributed by atoms with Gasteiger partial charge in [0.1, 0.15) is 0 Å². The Balaban J connectivity index is 2.62.